The maximum atomic E-state index is 11.7. The van der Waals surface area contributed by atoms with Crippen molar-refractivity contribution in [2.75, 3.05) is 51.3 Å². The summed E-state index contributed by atoms with van der Waals surface area (Å²) in [6.07, 6.45) is -0.905. The highest BCUT2D eigenvalue weighted by Crippen LogP contribution is 2.16. The van der Waals surface area contributed by atoms with Gasteiger partial charge in [-0.2, -0.15) is 0 Å². The first-order valence-corrected chi connectivity index (χ1v) is 8.80. The van der Waals surface area contributed by atoms with Crippen LogP contribution in [0.5, 0.6) is 5.75 Å². The third-order valence-corrected chi connectivity index (χ3v) is 3.98. The highest BCUT2D eigenvalue weighted by atomic mass is 16.6. The lowest BCUT2D eigenvalue weighted by Gasteiger charge is -2.34. The van der Waals surface area contributed by atoms with Crippen LogP contribution in [0.15, 0.2) is 24.3 Å². The lowest BCUT2D eigenvalue weighted by atomic mass is 10.2. The van der Waals surface area contributed by atoms with Crippen molar-refractivity contribution in [2.24, 2.45) is 0 Å². The monoisotopic (exact) mass is 365 g/mol. The van der Waals surface area contributed by atoms with Gasteiger partial charge in [-0.25, -0.2) is 4.79 Å². The number of carbonyl (C=O) groups is 2. The predicted molar refractivity (Wildman–Crippen MR) is 97.3 cm³/mol. The van der Waals surface area contributed by atoms with Gasteiger partial charge in [0.25, 0.3) is 0 Å². The maximum Gasteiger partial charge on any atom is 0.409 e. The first-order chi connectivity index (χ1) is 12.5. The summed E-state index contributed by atoms with van der Waals surface area (Å²) in [6, 6.07) is 6.99. The van der Waals surface area contributed by atoms with E-state index in [1.807, 2.05) is 0 Å². The quantitative estimate of drug-likeness (QED) is 0.753. The average molecular weight is 365 g/mol. The number of aliphatic hydroxyl groups excluding tert-OH is 1. The summed E-state index contributed by atoms with van der Waals surface area (Å²) in [5, 5.41) is 12.8. The molecule has 0 saturated carbocycles. The van der Waals surface area contributed by atoms with Gasteiger partial charge in [-0.3, -0.25) is 9.69 Å². The topological polar surface area (TPSA) is 91.3 Å². The molecule has 1 aromatic carbocycles. The number of nitrogens with zero attached hydrogens (tertiary/aromatic N) is 2. The molecule has 1 fully saturated rings. The van der Waals surface area contributed by atoms with Crippen LogP contribution in [0.25, 0.3) is 0 Å². The zero-order chi connectivity index (χ0) is 18.9. The van der Waals surface area contributed by atoms with Crippen molar-refractivity contribution in [2.45, 2.75) is 20.0 Å². The SMILES string of the molecule is CCOC(=O)N1CCN(C[C@H](O)COc2ccc(NC(C)=O)cc2)CC1. The Balaban J connectivity index is 1.68. The molecule has 2 rings (SSSR count). The fraction of sp³-hybridized carbons (Fsp3) is 0.556. The summed E-state index contributed by atoms with van der Waals surface area (Å²) >= 11 is 0. The van der Waals surface area contributed by atoms with Gasteiger partial charge in [-0.15, -0.1) is 0 Å². The van der Waals surface area contributed by atoms with Gasteiger partial charge in [0.2, 0.25) is 5.91 Å². The maximum absolute atomic E-state index is 11.7. The van der Waals surface area contributed by atoms with Crippen LogP contribution in [0, 0.1) is 0 Å². The van der Waals surface area contributed by atoms with E-state index in [2.05, 4.69) is 10.2 Å². The standard InChI is InChI=1S/C18H27N3O5/c1-3-25-18(24)21-10-8-20(9-11-21)12-16(23)13-26-17-6-4-15(5-7-17)19-14(2)22/h4-7,16,23H,3,8-13H2,1-2H3,(H,19,22)/t16-/m0/s1. The molecule has 26 heavy (non-hydrogen) atoms. The van der Waals surface area contributed by atoms with E-state index >= 15 is 0 Å². The molecule has 0 unspecified atom stereocenters. The molecular formula is C18H27N3O5. The van der Waals surface area contributed by atoms with Crippen LogP contribution in [0.4, 0.5) is 10.5 Å². The molecule has 1 aromatic rings. The van der Waals surface area contributed by atoms with Crippen molar-refractivity contribution < 1.29 is 24.2 Å². The molecule has 1 atom stereocenters. The van der Waals surface area contributed by atoms with Crippen LogP contribution in [-0.2, 0) is 9.53 Å². The van der Waals surface area contributed by atoms with E-state index in [1.165, 1.54) is 6.92 Å². The first-order valence-electron chi connectivity index (χ1n) is 8.80. The Morgan fingerprint density at radius 3 is 2.42 bits per heavy atom. The fourth-order valence-electron chi connectivity index (χ4n) is 2.71. The Morgan fingerprint density at radius 1 is 1.19 bits per heavy atom. The Morgan fingerprint density at radius 2 is 1.85 bits per heavy atom. The predicted octanol–water partition coefficient (Wildman–Crippen LogP) is 1.16. The lowest BCUT2D eigenvalue weighted by molar-refractivity contribution is -0.114. The third-order valence-electron chi connectivity index (χ3n) is 3.98. The van der Waals surface area contributed by atoms with Crippen molar-refractivity contribution >= 4 is 17.7 Å². The summed E-state index contributed by atoms with van der Waals surface area (Å²) in [6.45, 7) is 6.86. The van der Waals surface area contributed by atoms with Crippen molar-refractivity contribution in [3.05, 3.63) is 24.3 Å². The number of hydrogen-bond acceptors (Lipinski definition) is 6. The second kappa shape index (κ2) is 9.98. The minimum Gasteiger partial charge on any atom is -0.491 e. The molecule has 1 aliphatic heterocycles. The fourth-order valence-corrected chi connectivity index (χ4v) is 2.71. The molecule has 2 N–H and O–H groups in total. The second-order valence-corrected chi connectivity index (χ2v) is 6.16. The zero-order valence-electron chi connectivity index (χ0n) is 15.3. The molecule has 1 saturated heterocycles. The van der Waals surface area contributed by atoms with Gasteiger partial charge in [0.1, 0.15) is 18.5 Å². The Hall–Kier alpha value is -2.32. The van der Waals surface area contributed by atoms with E-state index in [0.717, 1.165) is 0 Å². The molecule has 144 valence electrons. The molecule has 0 aromatic heterocycles. The molecule has 0 bridgehead atoms. The van der Waals surface area contributed by atoms with Crippen molar-refractivity contribution in [3.63, 3.8) is 0 Å². The molecule has 1 heterocycles. The number of piperazine rings is 1. The van der Waals surface area contributed by atoms with Gasteiger partial charge < -0.3 is 24.8 Å². The minimum atomic E-state index is -0.626. The van der Waals surface area contributed by atoms with Crippen molar-refractivity contribution in [3.8, 4) is 5.75 Å². The number of nitrogens with one attached hydrogen (secondary N) is 1. The van der Waals surface area contributed by atoms with Crippen LogP contribution in [0.3, 0.4) is 0 Å². The Labute approximate surface area is 153 Å². The van der Waals surface area contributed by atoms with Gasteiger partial charge in [0.05, 0.1) is 6.61 Å². The number of benzene rings is 1. The van der Waals surface area contributed by atoms with E-state index in [-0.39, 0.29) is 18.6 Å². The number of β-amino-alcohol motifs (C(OH)–C–C–N with tert-alkyl or cyclic N) is 1. The van der Waals surface area contributed by atoms with Crippen LogP contribution in [0.2, 0.25) is 0 Å². The van der Waals surface area contributed by atoms with Crippen LogP contribution < -0.4 is 10.1 Å². The normalized spacial score (nSPS) is 16.0. The van der Waals surface area contributed by atoms with E-state index in [0.29, 0.717) is 50.8 Å². The summed E-state index contributed by atoms with van der Waals surface area (Å²) in [7, 11) is 0. The Kier molecular flexibility index (Phi) is 7.68. The summed E-state index contributed by atoms with van der Waals surface area (Å²) in [5.41, 5.74) is 0.699. The van der Waals surface area contributed by atoms with Crippen LogP contribution >= 0.6 is 0 Å². The van der Waals surface area contributed by atoms with E-state index in [4.69, 9.17) is 9.47 Å². The van der Waals surface area contributed by atoms with E-state index < -0.39 is 6.10 Å². The van der Waals surface area contributed by atoms with Crippen LogP contribution in [0.1, 0.15) is 13.8 Å². The summed E-state index contributed by atoms with van der Waals surface area (Å²) < 4.78 is 10.6. The van der Waals surface area contributed by atoms with Crippen molar-refractivity contribution in [1.82, 2.24) is 9.80 Å². The van der Waals surface area contributed by atoms with Crippen molar-refractivity contribution in [1.29, 1.82) is 0 Å². The summed E-state index contributed by atoms with van der Waals surface area (Å²) in [4.78, 5) is 26.4. The molecule has 0 spiro atoms. The smallest absolute Gasteiger partial charge is 0.409 e. The lowest BCUT2D eigenvalue weighted by Crippen LogP contribution is -2.51. The molecule has 1 aliphatic rings. The van der Waals surface area contributed by atoms with Gasteiger partial charge in [-0.1, -0.05) is 0 Å². The highest BCUT2D eigenvalue weighted by molar-refractivity contribution is 5.88. The molecule has 8 nitrogen and oxygen atoms in total. The average Bonchev–Trinajstić information content (AvgIpc) is 2.61. The van der Waals surface area contributed by atoms with Gasteiger partial charge in [0.15, 0.2) is 0 Å². The Bertz CT molecular complexity index is 585. The number of hydrogen-bond donors (Lipinski definition) is 2. The zero-order valence-corrected chi connectivity index (χ0v) is 15.3. The number of aliphatic hydroxyl groups is 1. The first kappa shape index (κ1) is 20.0. The number of amides is 2. The number of carbonyl (C=O) groups excluding carboxylic acids is 2. The van der Waals surface area contributed by atoms with E-state index in [1.54, 1.807) is 36.1 Å². The van der Waals surface area contributed by atoms with Crippen LogP contribution in [-0.4, -0.2) is 78.9 Å². The van der Waals surface area contributed by atoms with Gasteiger partial charge in [0, 0.05) is 45.3 Å². The van der Waals surface area contributed by atoms with E-state index in [9.17, 15) is 14.7 Å². The molecule has 2 amide bonds. The largest absolute Gasteiger partial charge is 0.491 e. The minimum absolute atomic E-state index is 0.128. The van der Waals surface area contributed by atoms with Gasteiger partial charge >= 0.3 is 6.09 Å². The molecular weight excluding hydrogens is 338 g/mol. The molecule has 0 aliphatic carbocycles. The molecule has 0 radical (unpaired) electrons. The number of rotatable bonds is 7. The third kappa shape index (κ3) is 6.53. The number of ether oxygens (including phenoxy) is 2. The highest BCUT2D eigenvalue weighted by Gasteiger charge is 2.23. The number of anilines is 1. The molecule has 8 heteroatoms. The second-order valence-electron chi connectivity index (χ2n) is 6.16. The summed E-state index contributed by atoms with van der Waals surface area (Å²) in [5.74, 6) is 0.502. The van der Waals surface area contributed by atoms with Gasteiger partial charge in [-0.05, 0) is 31.2 Å².